The lowest BCUT2D eigenvalue weighted by Gasteiger charge is -2.13. The Bertz CT molecular complexity index is 1550. The first-order chi connectivity index (χ1) is 20.0. The standard InChI is InChI=1S/C33H30N2O5S/c1-3-40-31-18-8-7-13-25(31)20-29(35-32(37)23-11-5-4-6-12-23)33(38)34-26-15-10-17-28(21-26)41-22-30(36)24-14-9-16-27(19-24)39-2/h4-21H,3,22H2,1-2H3,(H,34,38)(H,35,37)/b29-20-. The van der Waals surface area contributed by atoms with E-state index in [4.69, 9.17) is 9.47 Å². The number of carbonyl (C=O) groups is 3. The number of Topliss-reactive ketones (excluding diaryl/α,β-unsaturated/α-hetero) is 1. The van der Waals surface area contributed by atoms with Crippen molar-refractivity contribution in [2.75, 3.05) is 24.8 Å². The van der Waals surface area contributed by atoms with Crippen LogP contribution < -0.4 is 20.1 Å². The summed E-state index contributed by atoms with van der Waals surface area (Å²) in [6, 6.07) is 30.2. The molecule has 0 aliphatic heterocycles. The molecule has 4 aromatic rings. The van der Waals surface area contributed by atoms with Gasteiger partial charge in [-0.1, -0.05) is 54.6 Å². The number of nitrogens with one attached hydrogen (secondary N) is 2. The average molecular weight is 567 g/mol. The first kappa shape index (κ1) is 29.2. The van der Waals surface area contributed by atoms with Crippen molar-refractivity contribution in [3.8, 4) is 11.5 Å². The van der Waals surface area contributed by atoms with Crippen molar-refractivity contribution in [3.05, 3.63) is 126 Å². The lowest BCUT2D eigenvalue weighted by atomic mass is 10.1. The molecule has 0 bridgehead atoms. The maximum absolute atomic E-state index is 13.5. The van der Waals surface area contributed by atoms with Gasteiger partial charge in [0.2, 0.25) is 0 Å². The molecule has 0 heterocycles. The van der Waals surface area contributed by atoms with Crippen LogP contribution >= 0.6 is 11.8 Å². The largest absolute Gasteiger partial charge is 0.497 e. The van der Waals surface area contributed by atoms with Crippen molar-refractivity contribution in [3.63, 3.8) is 0 Å². The zero-order valence-corrected chi connectivity index (χ0v) is 23.6. The SMILES string of the molecule is CCOc1ccccc1/C=C(\NC(=O)c1ccccc1)C(=O)Nc1cccc(SCC(=O)c2cccc(OC)c2)c1. The van der Waals surface area contributed by atoms with Gasteiger partial charge in [-0.25, -0.2) is 0 Å². The molecular weight excluding hydrogens is 536 g/mol. The van der Waals surface area contributed by atoms with Gasteiger partial charge in [0.15, 0.2) is 5.78 Å². The highest BCUT2D eigenvalue weighted by molar-refractivity contribution is 8.00. The molecular formula is C33H30N2O5S. The minimum atomic E-state index is -0.504. The summed E-state index contributed by atoms with van der Waals surface area (Å²) in [6.07, 6.45) is 1.59. The molecule has 2 N–H and O–H groups in total. The molecule has 0 radical (unpaired) electrons. The summed E-state index contributed by atoms with van der Waals surface area (Å²) < 4.78 is 10.9. The molecule has 0 saturated heterocycles. The normalized spacial score (nSPS) is 10.9. The molecule has 7 nitrogen and oxygen atoms in total. The van der Waals surface area contributed by atoms with Crippen LogP contribution in [-0.4, -0.2) is 37.1 Å². The van der Waals surface area contributed by atoms with Gasteiger partial charge < -0.3 is 20.1 Å². The van der Waals surface area contributed by atoms with Crippen molar-refractivity contribution in [2.45, 2.75) is 11.8 Å². The molecule has 0 spiro atoms. The zero-order valence-electron chi connectivity index (χ0n) is 22.8. The third-order valence-electron chi connectivity index (χ3n) is 5.90. The lowest BCUT2D eigenvalue weighted by Crippen LogP contribution is -2.30. The van der Waals surface area contributed by atoms with Crippen molar-refractivity contribution < 1.29 is 23.9 Å². The highest BCUT2D eigenvalue weighted by atomic mass is 32.2. The Kier molecular flexibility index (Phi) is 10.3. The summed E-state index contributed by atoms with van der Waals surface area (Å²) >= 11 is 1.36. The van der Waals surface area contributed by atoms with E-state index in [1.165, 1.54) is 11.8 Å². The topological polar surface area (TPSA) is 93.7 Å². The number of para-hydroxylation sites is 1. The number of ketones is 1. The molecule has 4 rings (SSSR count). The monoisotopic (exact) mass is 566 g/mol. The summed E-state index contributed by atoms with van der Waals surface area (Å²) in [6.45, 7) is 2.33. The first-order valence-electron chi connectivity index (χ1n) is 13.0. The summed E-state index contributed by atoms with van der Waals surface area (Å²) in [5, 5.41) is 5.62. The molecule has 0 saturated carbocycles. The van der Waals surface area contributed by atoms with E-state index < -0.39 is 11.8 Å². The Morgan fingerprint density at radius 1 is 0.829 bits per heavy atom. The van der Waals surface area contributed by atoms with Crippen molar-refractivity contribution in [2.24, 2.45) is 0 Å². The third-order valence-corrected chi connectivity index (χ3v) is 6.89. The van der Waals surface area contributed by atoms with Crippen LogP contribution in [-0.2, 0) is 4.79 Å². The second-order valence-corrected chi connectivity index (χ2v) is 9.82. The fourth-order valence-electron chi connectivity index (χ4n) is 3.88. The van der Waals surface area contributed by atoms with Crippen LogP contribution in [0.4, 0.5) is 5.69 Å². The summed E-state index contributed by atoms with van der Waals surface area (Å²) in [5.41, 5.74) is 2.21. The van der Waals surface area contributed by atoms with Gasteiger partial charge in [0.05, 0.1) is 19.5 Å². The molecule has 41 heavy (non-hydrogen) atoms. The van der Waals surface area contributed by atoms with E-state index in [0.717, 1.165) is 4.90 Å². The van der Waals surface area contributed by atoms with Crippen LogP contribution in [0.2, 0.25) is 0 Å². The van der Waals surface area contributed by atoms with Gasteiger partial charge in [0.25, 0.3) is 11.8 Å². The zero-order chi connectivity index (χ0) is 29.0. The van der Waals surface area contributed by atoms with Crippen molar-refractivity contribution in [1.82, 2.24) is 5.32 Å². The first-order valence-corrected chi connectivity index (χ1v) is 14.0. The molecule has 0 atom stereocenters. The number of amides is 2. The van der Waals surface area contributed by atoms with Crippen LogP contribution in [0.1, 0.15) is 33.2 Å². The Morgan fingerprint density at radius 2 is 1.56 bits per heavy atom. The van der Waals surface area contributed by atoms with Gasteiger partial charge in [0, 0.05) is 27.3 Å². The van der Waals surface area contributed by atoms with Crippen molar-refractivity contribution >= 4 is 41.1 Å². The number of benzene rings is 4. The van der Waals surface area contributed by atoms with Crippen molar-refractivity contribution in [1.29, 1.82) is 0 Å². The molecule has 0 aliphatic carbocycles. The predicted octanol–water partition coefficient (Wildman–Crippen LogP) is 6.48. The van der Waals surface area contributed by atoms with E-state index in [9.17, 15) is 14.4 Å². The smallest absolute Gasteiger partial charge is 0.272 e. The summed E-state index contributed by atoms with van der Waals surface area (Å²) in [4.78, 5) is 39.9. The van der Waals surface area contributed by atoms with E-state index >= 15 is 0 Å². The second-order valence-electron chi connectivity index (χ2n) is 8.77. The third kappa shape index (κ3) is 8.33. The maximum Gasteiger partial charge on any atom is 0.272 e. The quantitative estimate of drug-likeness (QED) is 0.116. The highest BCUT2D eigenvalue weighted by Crippen LogP contribution is 2.25. The molecule has 0 unspecified atom stereocenters. The maximum atomic E-state index is 13.5. The van der Waals surface area contributed by atoms with E-state index in [1.54, 1.807) is 86.0 Å². The number of rotatable bonds is 12. The average Bonchev–Trinajstić information content (AvgIpc) is 3.01. The molecule has 4 aromatic carbocycles. The van der Waals surface area contributed by atoms with E-state index in [1.807, 2.05) is 37.3 Å². The van der Waals surface area contributed by atoms with Crippen LogP contribution in [0, 0.1) is 0 Å². The van der Waals surface area contributed by atoms with E-state index in [2.05, 4.69) is 10.6 Å². The minimum Gasteiger partial charge on any atom is -0.497 e. The van der Waals surface area contributed by atoms with Crippen LogP contribution in [0.3, 0.4) is 0 Å². The molecule has 2 amide bonds. The summed E-state index contributed by atoms with van der Waals surface area (Å²) in [5.74, 6) is 0.476. The number of carbonyl (C=O) groups excluding carboxylic acids is 3. The number of anilines is 1. The van der Waals surface area contributed by atoms with Gasteiger partial charge in [-0.05, 0) is 61.5 Å². The molecule has 208 valence electrons. The second kappa shape index (κ2) is 14.5. The van der Waals surface area contributed by atoms with Gasteiger partial charge in [-0.2, -0.15) is 0 Å². The van der Waals surface area contributed by atoms with Gasteiger partial charge in [0.1, 0.15) is 17.2 Å². The van der Waals surface area contributed by atoms with E-state index in [-0.39, 0.29) is 17.2 Å². The lowest BCUT2D eigenvalue weighted by molar-refractivity contribution is -0.113. The Labute approximate surface area is 243 Å². The minimum absolute atomic E-state index is 0.0369. The molecule has 0 aromatic heterocycles. The fourth-order valence-corrected chi connectivity index (χ4v) is 4.72. The van der Waals surface area contributed by atoms with Crippen LogP contribution in [0.5, 0.6) is 11.5 Å². The Morgan fingerprint density at radius 3 is 2.34 bits per heavy atom. The predicted molar refractivity (Wildman–Crippen MR) is 163 cm³/mol. The number of hydrogen-bond acceptors (Lipinski definition) is 6. The number of thioether (sulfide) groups is 1. The van der Waals surface area contributed by atoms with Gasteiger partial charge in [-0.15, -0.1) is 11.8 Å². The highest BCUT2D eigenvalue weighted by Gasteiger charge is 2.17. The Balaban J connectivity index is 1.52. The Hall–Kier alpha value is -4.82. The molecule has 0 aliphatic rings. The van der Waals surface area contributed by atoms with Crippen LogP contribution in [0.25, 0.3) is 6.08 Å². The molecule has 8 heteroatoms. The number of ether oxygens (including phenoxy) is 2. The van der Waals surface area contributed by atoms with Gasteiger partial charge >= 0.3 is 0 Å². The molecule has 0 fully saturated rings. The summed E-state index contributed by atoms with van der Waals surface area (Å²) in [7, 11) is 1.56. The van der Waals surface area contributed by atoms with Crippen LogP contribution in [0.15, 0.2) is 114 Å². The van der Waals surface area contributed by atoms with E-state index in [0.29, 0.717) is 40.5 Å². The fraction of sp³-hybridized carbons (Fsp3) is 0.121. The van der Waals surface area contributed by atoms with Gasteiger partial charge in [-0.3, -0.25) is 14.4 Å². The number of hydrogen-bond donors (Lipinski definition) is 2. The number of methoxy groups -OCH3 is 1.